The first kappa shape index (κ1) is 14.7. The van der Waals surface area contributed by atoms with Crippen LogP contribution in [0.15, 0.2) is 54.7 Å². The standard InChI is InChI=1S/C18H15N3O2/c1-11-5-4-8-15(16(11)17(19)22)21-18(23)13-9-10-20-14-7-3-2-6-12(13)14/h2-10H,1H3,(H2,19,22)(H,21,23). The molecule has 2 amide bonds. The molecule has 3 aromatic rings. The molecule has 0 bridgehead atoms. The first-order chi connectivity index (χ1) is 11.1. The maximum Gasteiger partial charge on any atom is 0.256 e. The van der Waals surface area contributed by atoms with Crippen LogP contribution in [0.2, 0.25) is 0 Å². The summed E-state index contributed by atoms with van der Waals surface area (Å²) >= 11 is 0. The van der Waals surface area contributed by atoms with Crippen LogP contribution in [0.5, 0.6) is 0 Å². The highest BCUT2D eigenvalue weighted by Crippen LogP contribution is 2.22. The van der Waals surface area contributed by atoms with E-state index in [2.05, 4.69) is 10.3 Å². The molecule has 0 aliphatic rings. The molecule has 1 aromatic heterocycles. The van der Waals surface area contributed by atoms with Gasteiger partial charge >= 0.3 is 0 Å². The van der Waals surface area contributed by atoms with Gasteiger partial charge in [0.1, 0.15) is 0 Å². The summed E-state index contributed by atoms with van der Waals surface area (Å²) in [6.45, 7) is 1.78. The molecule has 0 unspecified atom stereocenters. The molecule has 0 aliphatic heterocycles. The van der Waals surface area contributed by atoms with Crippen molar-refractivity contribution in [2.45, 2.75) is 6.92 Å². The minimum Gasteiger partial charge on any atom is -0.366 e. The first-order valence-corrected chi connectivity index (χ1v) is 7.12. The fourth-order valence-electron chi connectivity index (χ4n) is 2.58. The van der Waals surface area contributed by atoms with Gasteiger partial charge in [-0.3, -0.25) is 14.6 Å². The molecular formula is C18H15N3O2. The Morgan fingerprint density at radius 1 is 1.04 bits per heavy atom. The molecule has 0 saturated carbocycles. The highest BCUT2D eigenvalue weighted by atomic mass is 16.2. The largest absolute Gasteiger partial charge is 0.366 e. The van der Waals surface area contributed by atoms with Crippen molar-refractivity contribution in [3.8, 4) is 0 Å². The van der Waals surface area contributed by atoms with Gasteiger partial charge in [0.05, 0.1) is 22.3 Å². The Hall–Kier alpha value is -3.21. The lowest BCUT2D eigenvalue weighted by Crippen LogP contribution is -2.19. The number of para-hydroxylation sites is 1. The molecule has 0 spiro atoms. The van der Waals surface area contributed by atoms with E-state index in [1.54, 1.807) is 37.4 Å². The SMILES string of the molecule is Cc1cccc(NC(=O)c2ccnc3ccccc23)c1C(N)=O. The van der Waals surface area contributed by atoms with Crippen molar-refractivity contribution in [3.05, 3.63) is 71.4 Å². The Labute approximate surface area is 133 Å². The van der Waals surface area contributed by atoms with Crippen LogP contribution in [-0.4, -0.2) is 16.8 Å². The van der Waals surface area contributed by atoms with Crippen molar-refractivity contribution >= 4 is 28.4 Å². The third kappa shape index (κ3) is 2.76. The van der Waals surface area contributed by atoms with E-state index in [1.165, 1.54) is 0 Å². The summed E-state index contributed by atoms with van der Waals surface area (Å²) in [5, 5.41) is 3.52. The van der Waals surface area contributed by atoms with Crippen molar-refractivity contribution in [2.24, 2.45) is 5.73 Å². The van der Waals surface area contributed by atoms with Gasteiger partial charge in [-0.05, 0) is 30.7 Å². The summed E-state index contributed by atoms with van der Waals surface area (Å²) in [5.74, 6) is -0.880. The molecule has 23 heavy (non-hydrogen) atoms. The molecule has 5 heteroatoms. The number of aromatic nitrogens is 1. The zero-order chi connectivity index (χ0) is 16.4. The Bertz CT molecular complexity index is 914. The average molecular weight is 305 g/mol. The monoisotopic (exact) mass is 305 g/mol. The maximum atomic E-state index is 12.6. The molecule has 0 atom stereocenters. The number of aryl methyl sites for hydroxylation is 1. The van der Waals surface area contributed by atoms with E-state index in [9.17, 15) is 9.59 Å². The molecule has 1 heterocycles. The van der Waals surface area contributed by atoms with Gasteiger partial charge in [-0.25, -0.2) is 0 Å². The minimum atomic E-state index is -0.571. The number of primary amides is 1. The lowest BCUT2D eigenvalue weighted by molar-refractivity contribution is 0.100. The third-order valence-corrected chi connectivity index (χ3v) is 3.66. The zero-order valence-corrected chi connectivity index (χ0v) is 12.5. The number of carbonyl (C=O) groups excluding carboxylic acids is 2. The number of amides is 2. The summed E-state index contributed by atoms with van der Waals surface area (Å²) in [5.41, 5.74) is 8.09. The van der Waals surface area contributed by atoms with Crippen molar-refractivity contribution in [1.29, 1.82) is 0 Å². The second-order valence-electron chi connectivity index (χ2n) is 5.19. The average Bonchev–Trinajstić information content (AvgIpc) is 2.54. The van der Waals surface area contributed by atoms with Crippen LogP contribution in [0.1, 0.15) is 26.3 Å². The topological polar surface area (TPSA) is 85.1 Å². The molecule has 3 rings (SSSR count). The second kappa shape index (κ2) is 5.88. The van der Waals surface area contributed by atoms with Crippen LogP contribution in [-0.2, 0) is 0 Å². The number of carbonyl (C=O) groups is 2. The Morgan fingerprint density at radius 3 is 2.61 bits per heavy atom. The van der Waals surface area contributed by atoms with Crippen molar-refractivity contribution in [2.75, 3.05) is 5.32 Å². The Morgan fingerprint density at radius 2 is 1.83 bits per heavy atom. The smallest absolute Gasteiger partial charge is 0.256 e. The van der Waals surface area contributed by atoms with E-state index in [1.807, 2.05) is 24.3 Å². The van der Waals surface area contributed by atoms with Crippen LogP contribution in [0.4, 0.5) is 5.69 Å². The van der Waals surface area contributed by atoms with Crippen LogP contribution < -0.4 is 11.1 Å². The number of fused-ring (bicyclic) bond motifs is 1. The summed E-state index contributed by atoms with van der Waals surface area (Å²) in [6.07, 6.45) is 1.59. The highest BCUT2D eigenvalue weighted by Gasteiger charge is 2.16. The number of nitrogens with two attached hydrogens (primary N) is 1. The van der Waals surface area contributed by atoms with Crippen molar-refractivity contribution < 1.29 is 9.59 Å². The molecule has 0 saturated heterocycles. The van der Waals surface area contributed by atoms with Crippen molar-refractivity contribution in [3.63, 3.8) is 0 Å². The van der Waals surface area contributed by atoms with Gasteiger partial charge in [-0.15, -0.1) is 0 Å². The summed E-state index contributed by atoms with van der Waals surface area (Å²) in [4.78, 5) is 28.5. The maximum absolute atomic E-state index is 12.6. The number of hydrogen-bond acceptors (Lipinski definition) is 3. The number of nitrogens with one attached hydrogen (secondary N) is 1. The Balaban J connectivity index is 2.03. The summed E-state index contributed by atoms with van der Waals surface area (Å²) in [7, 11) is 0. The van der Waals surface area contributed by atoms with E-state index >= 15 is 0 Å². The van der Waals surface area contributed by atoms with Gasteiger partial charge in [0.15, 0.2) is 0 Å². The number of hydrogen-bond donors (Lipinski definition) is 2. The van der Waals surface area contributed by atoms with E-state index in [4.69, 9.17) is 5.73 Å². The lowest BCUT2D eigenvalue weighted by atomic mass is 10.0. The summed E-state index contributed by atoms with van der Waals surface area (Å²) in [6, 6.07) is 14.2. The fraction of sp³-hybridized carbons (Fsp3) is 0.0556. The van der Waals surface area contributed by atoms with Gasteiger partial charge in [-0.2, -0.15) is 0 Å². The molecule has 0 radical (unpaired) electrons. The Kier molecular flexibility index (Phi) is 3.76. The quantitative estimate of drug-likeness (QED) is 0.780. The van der Waals surface area contributed by atoms with E-state index < -0.39 is 5.91 Å². The van der Waals surface area contributed by atoms with Crippen molar-refractivity contribution in [1.82, 2.24) is 4.98 Å². The number of pyridine rings is 1. The summed E-state index contributed by atoms with van der Waals surface area (Å²) < 4.78 is 0. The minimum absolute atomic E-state index is 0.309. The third-order valence-electron chi connectivity index (χ3n) is 3.66. The predicted octanol–water partition coefficient (Wildman–Crippen LogP) is 2.89. The molecule has 2 aromatic carbocycles. The zero-order valence-electron chi connectivity index (χ0n) is 12.5. The number of rotatable bonds is 3. The molecular weight excluding hydrogens is 290 g/mol. The van der Waals surface area contributed by atoms with E-state index in [-0.39, 0.29) is 5.91 Å². The van der Waals surface area contributed by atoms with Gasteiger partial charge in [0, 0.05) is 11.6 Å². The number of anilines is 1. The molecule has 5 nitrogen and oxygen atoms in total. The number of nitrogens with zero attached hydrogens (tertiary/aromatic N) is 1. The number of benzene rings is 2. The molecule has 114 valence electrons. The van der Waals surface area contributed by atoms with Gasteiger partial charge in [0.2, 0.25) is 0 Å². The van der Waals surface area contributed by atoms with Crippen LogP contribution >= 0.6 is 0 Å². The van der Waals surface area contributed by atoms with Crippen LogP contribution in [0.3, 0.4) is 0 Å². The fourth-order valence-corrected chi connectivity index (χ4v) is 2.58. The normalized spacial score (nSPS) is 10.5. The lowest BCUT2D eigenvalue weighted by Gasteiger charge is -2.12. The first-order valence-electron chi connectivity index (χ1n) is 7.12. The van der Waals surface area contributed by atoms with Gasteiger partial charge in [-0.1, -0.05) is 30.3 Å². The van der Waals surface area contributed by atoms with Crippen LogP contribution in [0.25, 0.3) is 10.9 Å². The molecule has 0 fully saturated rings. The van der Waals surface area contributed by atoms with Crippen LogP contribution in [0, 0.1) is 6.92 Å². The highest BCUT2D eigenvalue weighted by molar-refractivity contribution is 6.14. The predicted molar refractivity (Wildman–Crippen MR) is 89.4 cm³/mol. The molecule has 3 N–H and O–H groups in total. The second-order valence-corrected chi connectivity index (χ2v) is 5.19. The van der Waals surface area contributed by atoms with Gasteiger partial charge in [0.25, 0.3) is 11.8 Å². The van der Waals surface area contributed by atoms with Gasteiger partial charge < -0.3 is 11.1 Å². The molecule has 0 aliphatic carbocycles. The van der Waals surface area contributed by atoms with E-state index in [0.29, 0.717) is 16.8 Å². The van der Waals surface area contributed by atoms with E-state index in [0.717, 1.165) is 16.5 Å².